The standard InChI is InChI=1S/C15H16N6O2/c1-4-12-16-14-13(15(22)17-12)18-20-21(14)11-7-5-6-10(8-11)9(2)19-23-3/h5-8H,4H2,1-3H3,(H,16,17,22). The van der Waals surface area contributed by atoms with Gasteiger partial charge in [-0.25, -0.2) is 4.98 Å². The summed E-state index contributed by atoms with van der Waals surface area (Å²) < 4.78 is 1.55. The van der Waals surface area contributed by atoms with Crippen LogP contribution in [0.25, 0.3) is 16.9 Å². The van der Waals surface area contributed by atoms with Crippen LogP contribution in [-0.2, 0) is 11.3 Å². The summed E-state index contributed by atoms with van der Waals surface area (Å²) in [5, 5.41) is 11.9. The fourth-order valence-corrected chi connectivity index (χ4v) is 2.26. The van der Waals surface area contributed by atoms with Gasteiger partial charge in [-0.15, -0.1) is 5.10 Å². The SMILES string of the molecule is CCc1nc2c(nnn2-c2cccc(C(C)=NOC)c2)c(=O)[nH]1. The van der Waals surface area contributed by atoms with E-state index in [0.29, 0.717) is 17.9 Å². The highest BCUT2D eigenvalue weighted by Gasteiger charge is 2.13. The fourth-order valence-electron chi connectivity index (χ4n) is 2.26. The van der Waals surface area contributed by atoms with Crippen molar-refractivity contribution >= 4 is 16.9 Å². The normalized spacial score (nSPS) is 11.9. The minimum Gasteiger partial charge on any atom is -0.399 e. The molecule has 0 spiro atoms. The molecule has 8 nitrogen and oxygen atoms in total. The first kappa shape index (κ1) is 14.9. The van der Waals surface area contributed by atoms with Crippen LogP contribution in [0.1, 0.15) is 25.2 Å². The van der Waals surface area contributed by atoms with Gasteiger partial charge in [-0.3, -0.25) is 4.79 Å². The number of hydrogen-bond donors (Lipinski definition) is 1. The van der Waals surface area contributed by atoms with E-state index in [1.165, 1.54) is 7.11 Å². The van der Waals surface area contributed by atoms with E-state index in [-0.39, 0.29) is 11.1 Å². The first-order valence-electron chi connectivity index (χ1n) is 7.17. The maximum atomic E-state index is 12.0. The molecular weight excluding hydrogens is 296 g/mol. The highest BCUT2D eigenvalue weighted by molar-refractivity contribution is 5.98. The molecule has 0 unspecified atom stereocenters. The molecule has 0 aliphatic rings. The Balaban J connectivity index is 2.18. The zero-order valence-corrected chi connectivity index (χ0v) is 13.1. The van der Waals surface area contributed by atoms with Crippen molar-refractivity contribution in [1.29, 1.82) is 0 Å². The molecule has 3 rings (SSSR count). The third-order valence-electron chi connectivity index (χ3n) is 3.43. The maximum Gasteiger partial charge on any atom is 0.281 e. The van der Waals surface area contributed by atoms with Crippen LogP contribution in [0.2, 0.25) is 0 Å². The fraction of sp³-hybridized carbons (Fsp3) is 0.267. The van der Waals surface area contributed by atoms with Crippen molar-refractivity contribution in [3.63, 3.8) is 0 Å². The number of hydrogen-bond acceptors (Lipinski definition) is 6. The average Bonchev–Trinajstić information content (AvgIpc) is 2.99. The molecule has 0 atom stereocenters. The molecular formula is C15H16N6O2. The second kappa shape index (κ2) is 5.99. The first-order valence-corrected chi connectivity index (χ1v) is 7.17. The number of nitrogens with zero attached hydrogens (tertiary/aromatic N) is 5. The van der Waals surface area contributed by atoms with Gasteiger partial charge >= 0.3 is 0 Å². The van der Waals surface area contributed by atoms with E-state index < -0.39 is 0 Å². The largest absolute Gasteiger partial charge is 0.399 e. The molecule has 1 aromatic carbocycles. The van der Waals surface area contributed by atoms with Crippen LogP contribution in [0.5, 0.6) is 0 Å². The zero-order valence-electron chi connectivity index (χ0n) is 13.1. The van der Waals surface area contributed by atoms with E-state index in [4.69, 9.17) is 4.84 Å². The van der Waals surface area contributed by atoms with Crippen molar-refractivity contribution in [2.45, 2.75) is 20.3 Å². The predicted octanol–water partition coefficient (Wildman–Crippen LogP) is 1.44. The number of aromatic nitrogens is 5. The summed E-state index contributed by atoms with van der Waals surface area (Å²) in [6.45, 7) is 3.77. The molecule has 118 valence electrons. The van der Waals surface area contributed by atoms with E-state index in [1.54, 1.807) is 4.68 Å². The van der Waals surface area contributed by atoms with Crippen molar-refractivity contribution in [2.75, 3.05) is 7.11 Å². The van der Waals surface area contributed by atoms with Gasteiger partial charge in [0.25, 0.3) is 5.56 Å². The van der Waals surface area contributed by atoms with Crippen molar-refractivity contribution in [2.24, 2.45) is 5.16 Å². The van der Waals surface area contributed by atoms with E-state index in [1.807, 2.05) is 38.1 Å². The number of aromatic amines is 1. The van der Waals surface area contributed by atoms with E-state index in [0.717, 1.165) is 17.0 Å². The van der Waals surface area contributed by atoms with Gasteiger partial charge in [-0.2, -0.15) is 4.68 Å². The average molecular weight is 312 g/mol. The van der Waals surface area contributed by atoms with Crippen molar-refractivity contribution in [3.8, 4) is 5.69 Å². The number of nitrogens with one attached hydrogen (secondary N) is 1. The molecule has 0 radical (unpaired) electrons. The summed E-state index contributed by atoms with van der Waals surface area (Å²) in [5.41, 5.74) is 2.73. The molecule has 0 aliphatic carbocycles. The molecule has 23 heavy (non-hydrogen) atoms. The number of rotatable bonds is 4. The lowest BCUT2D eigenvalue weighted by Crippen LogP contribution is -2.12. The summed E-state index contributed by atoms with van der Waals surface area (Å²) in [7, 11) is 1.50. The third kappa shape index (κ3) is 2.70. The van der Waals surface area contributed by atoms with Crippen LogP contribution >= 0.6 is 0 Å². The predicted molar refractivity (Wildman–Crippen MR) is 85.9 cm³/mol. The molecule has 2 aromatic heterocycles. The van der Waals surface area contributed by atoms with Crippen LogP contribution < -0.4 is 5.56 Å². The second-order valence-corrected chi connectivity index (χ2v) is 4.95. The van der Waals surface area contributed by atoms with E-state index in [2.05, 4.69) is 25.4 Å². The van der Waals surface area contributed by atoms with Crippen LogP contribution in [0.3, 0.4) is 0 Å². The second-order valence-electron chi connectivity index (χ2n) is 4.95. The molecule has 0 saturated carbocycles. The van der Waals surface area contributed by atoms with Crippen molar-refractivity contribution in [1.82, 2.24) is 25.0 Å². The number of aryl methyl sites for hydroxylation is 1. The third-order valence-corrected chi connectivity index (χ3v) is 3.43. The van der Waals surface area contributed by atoms with E-state index in [9.17, 15) is 4.79 Å². The maximum absolute atomic E-state index is 12.0. The Morgan fingerprint density at radius 3 is 3.00 bits per heavy atom. The van der Waals surface area contributed by atoms with Crippen LogP contribution in [0.4, 0.5) is 0 Å². The Kier molecular flexibility index (Phi) is 3.88. The molecule has 0 bridgehead atoms. The van der Waals surface area contributed by atoms with Gasteiger partial charge in [-0.05, 0) is 19.1 Å². The quantitative estimate of drug-likeness (QED) is 0.580. The summed E-state index contributed by atoms with van der Waals surface area (Å²) in [6.07, 6.45) is 0.621. The summed E-state index contributed by atoms with van der Waals surface area (Å²) in [5.74, 6) is 0.597. The van der Waals surface area contributed by atoms with Gasteiger partial charge in [-0.1, -0.05) is 29.4 Å². The Morgan fingerprint density at radius 1 is 1.43 bits per heavy atom. The molecule has 0 aliphatic heterocycles. The highest BCUT2D eigenvalue weighted by Crippen LogP contribution is 2.14. The molecule has 8 heteroatoms. The van der Waals surface area contributed by atoms with Crippen molar-refractivity contribution in [3.05, 3.63) is 46.0 Å². The van der Waals surface area contributed by atoms with Crippen LogP contribution in [0, 0.1) is 0 Å². The van der Waals surface area contributed by atoms with Crippen LogP contribution in [0.15, 0.2) is 34.2 Å². The van der Waals surface area contributed by atoms with Gasteiger partial charge < -0.3 is 9.82 Å². The summed E-state index contributed by atoms with van der Waals surface area (Å²) in [4.78, 5) is 23.9. The van der Waals surface area contributed by atoms with E-state index >= 15 is 0 Å². The Hall–Kier alpha value is -3.03. The molecule has 0 fully saturated rings. The summed E-state index contributed by atoms with van der Waals surface area (Å²) in [6, 6.07) is 7.55. The lowest BCUT2D eigenvalue weighted by molar-refractivity contribution is 0.213. The van der Waals surface area contributed by atoms with Crippen LogP contribution in [-0.4, -0.2) is 37.8 Å². The van der Waals surface area contributed by atoms with Gasteiger partial charge in [0.05, 0.1) is 11.4 Å². The Labute approximate surface area is 131 Å². The highest BCUT2D eigenvalue weighted by atomic mass is 16.6. The first-order chi connectivity index (χ1) is 11.1. The number of benzene rings is 1. The monoisotopic (exact) mass is 312 g/mol. The van der Waals surface area contributed by atoms with Gasteiger partial charge in [0, 0.05) is 12.0 Å². The van der Waals surface area contributed by atoms with Gasteiger partial charge in [0.15, 0.2) is 11.2 Å². The Bertz CT molecular complexity index is 941. The molecule has 0 saturated heterocycles. The van der Waals surface area contributed by atoms with Gasteiger partial charge in [0.1, 0.15) is 12.9 Å². The number of fused-ring (bicyclic) bond motifs is 1. The molecule has 1 N–H and O–H groups in total. The summed E-state index contributed by atoms with van der Waals surface area (Å²) >= 11 is 0. The topological polar surface area (TPSA) is 98.0 Å². The number of oxime groups is 1. The molecule has 3 aromatic rings. The lowest BCUT2D eigenvalue weighted by atomic mass is 10.1. The molecule has 2 heterocycles. The minimum absolute atomic E-state index is 0.217. The number of H-pyrrole nitrogens is 1. The van der Waals surface area contributed by atoms with Crippen molar-refractivity contribution < 1.29 is 4.84 Å². The van der Waals surface area contributed by atoms with Gasteiger partial charge in [0.2, 0.25) is 0 Å². The smallest absolute Gasteiger partial charge is 0.281 e. The Morgan fingerprint density at radius 2 is 2.26 bits per heavy atom. The minimum atomic E-state index is -0.286. The lowest BCUT2D eigenvalue weighted by Gasteiger charge is -2.05. The zero-order chi connectivity index (χ0) is 16.4. The molecule has 0 amide bonds.